The van der Waals surface area contributed by atoms with Crippen LogP contribution in [0, 0.1) is 12.9 Å². The van der Waals surface area contributed by atoms with Gasteiger partial charge in [0.1, 0.15) is 11.9 Å². The van der Waals surface area contributed by atoms with Gasteiger partial charge in [-0.3, -0.25) is 4.90 Å². The molecule has 1 aliphatic rings. The summed E-state index contributed by atoms with van der Waals surface area (Å²) in [6.07, 6.45) is 2.07. The normalized spacial score (nSPS) is 17.6. The van der Waals surface area contributed by atoms with E-state index >= 15 is 0 Å². The van der Waals surface area contributed by atoms with Crippen LogP contribution in [-0.4, -0.2) is 34.6 Å². The Labute approximate surface area is 137 Å². The Bertz CT molecular complexity index is 700. The van der Waals surface area contributed by atoms with Gasteiger partial charge in [0.05, 0.1) is 5.52 Å². The second-order valence-corrected chi connectivity index (χ2v) is 7.39. The minimum Gasteiger partial charge on any atom is -0.489 e. The number of fused-ring (bicyclic) bond motifs is 1. The smallest absolute Gasteiger partial charge is 0.217 e. The highest BCUT2D eigenvalue weighted by Gasteiger charge is 2.28. The summed E-state index contributed by atoms with van der Waals surface area (Å²) in [5.74, 6) is 0.138. The number of likely N-dealkylation sites (tertiary alicyclic amines) is 1. The summed E-state index contributed by atoms with van der Waals surface area (Å²) in [6, 6.07) is 7.28. The molecule has 124 valence electrons. The summed E-state index contributed by atoms with van der Waals surface area (Å²) in [5.41, 5.74) is 1.85. The zero-order valence-electron chi connectivity index (χ0n) is 14.4. The van der Waals surface area contributed by atoms with Crippen molar-refractivity contribution in [2.45, 2.75) is 52.2 Å². The lowest BCUT2D eigenvalue weighted by Crippen LogP contribution is -2.48. The maximum Gasteiger partial charge on any atom is 0.217 e. The number of para-hydroxylation sites is 1. The molecular formula is C19H25FN2O. The molecule has 1 aliphatic heterocycles. The van der Waals surface area contributed by atoms with E-state index in [2.05, 4.69) is 30.7 Å². The third-order valence-corrected chi connectivity index (χ3v) is 4.66. The van der Waals surface area contributed by atoms with Gasteiger partial charge in [-0.1, -0.05) is 12.1 Å². The average molecular weight is 316 g/mol. The number of hydrogen-bond donors (Lipinski definition) is 0. The number of rotatable bonds is 2. The van der Waals surface area contributed by atoms with E-state index in [1.54, 1.807) is 0 Å². The van der Waals surface area contributed by atoms with Crippen LogP contribution >= 0.6 is 0 Å². The number of nitrogens with zero attached hydrogens (tertiary/aromatic N) is 2. The monoisotopic (exact) mass is 316 g/mol. The molecule has 2 heterocycles. The van der Waals surface area contributed by atoms with Gasteiger partial charge in [-0.05, 0) is 52.2 Å². The van der Waals surface area contributed by atoms with Crippen molar-refractivity contribution in [1.82, 2.24) is 9.88 Å². The average Bonchev–Trinajstić information content (AvgIpc) is 2.48. The van der Waals surface area contributed by atoms with Crippen molar-refractivity contribution in [3.05, 3.63) is 35.8 Å². The van der Waals surface area contributed by atoms with E-state index in [0.717, 1.165) is 36.9 Å². The zero-order chi connectivity index (χ0) is 16.6. The first-order valence-electron chi connectivity index (χ1n) is 8.32. The molecule has 4 heteroatoms. The molecule has 3 nitrogen and oxygen atoms in total. The van der Waals surface area contributed by atoms with E-state index in [4.69, 9.17) is 4.74 Å². The number of ether oxygens (including phenoxy) is 1. The Morgan fingerprint density at radius 1 is 1.22 bits per heavy atom. The summed E-state index contributed by atoms with van der Waals surface area (Å²) < 4.78 is 20.0. The summed E-state index contributed by atoms with van der Waals surface area (Å²) in [4.78, 5) is 6.49. The van der Waals surface area contributed by atoms with Crippen molar-refractivity contribution in [3.63, 3.8) is 0 Å². The number of piperidine rings is 1. The van der Waals surface area contributed by atoms with Gasteiger partial charge >= 0.3 is 0 Å². The molecule has 0 N–H and O–H groups in total. The lowest BCUT2D eigenvalue weighted by molar-refractivity contribution is 0.0496. The van der Waals surface area contributed by atoms with Crippen LogP contribution in [0.4, 0.5) is 4.39 Å². The summed E-state index contributed by atoms with van der Waals surface area (Å²) in [5, 5.41) is 0.893. The number of aryl methyl sites for hydroxylation is 1. The van der Waals surface area contributed by atoms with Gasteiger partial charge in [0, 0.05) is 30.1 Å². The highest BCUT2D eigenvalue weighted by atomic mass is 19.1. The van der Waals surface area contributed by atoms with Crippen LogP contribution in [0.5, 0.6) is 5.75 Å². The van der Waals surface area contributed by atoms with Gasteiger partial charge in [0.2, 0.25) is 5.95 Å². The zero-order valence-corrected chi connectivity index (χ0v) is 14.4. The van der Waals surface area contributed by atoms with Crippen molar-refractivity contribution >= 4 is 10.9 Å². The summed E-state index contributed by atoms with van der Waals surface area (Å²) in [7, 11) is 0. The van der Waals surface area contributed by atoms with Crippen LogP contribution in [0.15, 0.2) is 24.3 Å². The number of hydrogen-bond acceptors (Lipinski definition) is 3. The van der Waals surface area contributed by atoms with Crippen LogP contribution in [0.3, 0.4) is 0 Å². The molecule has 0 amide bonds. The molecule has 0 spiro atoms. The molecule has 0 radical (unpaired) electrons. The maximum absolute atomic E-state index is 13.9. The lowest BCUT2D eigenvalue weighted by Gasteiger charge is -2.40. The van der Waals surface area contributed by atoms with Crippen LogP contribution < -0.4 is 4.74 Å². The van der Waals surface area contributed by atoms with Gasteiger partial charge in [-0.2, -0.15) is 4.39 Å². The fourth-order valence-corrected chi connectivity index (χ4v) is 3.25. The van der Waals surface area contributed by atoms with Crippen molar-refractivity contribution in [2.24, 2.45) is 0 Å². The Balaban J connectivity index is 1.79. The van der Waals surface area contributed by atoms with Crippen LogP contribution in [-0.2, 0) is 0 Å². The fourth-order valence-electron chi connectivity index (χ4n) is 3.25. The summed E-state index contributed by atoms with van der Waals surface area (Å²) >= 11 is 0. The molecule has 1 saturated heterocycles. The number of aromatic nitrogens is 1. The molecule has 1 aromatic carbocycles. The second kappa shape index (κ2) is 6.08. The van der Waals surface area contributed by atoms with Gasteiger partial charge in [-0.15, -0.1) is 0 Å². The number of benzene rings is 1. The van der Waals surface area contributed by atoms with E-state index in [-0.39, 0.29) is 11.6 Å². The van der Waals surface area contributed by atoms with Gasteiger partial charge in [-0.25, -0.2) is 4.98 Å². The third-order valence-electron chi connectivity index (χ3n) is 4.66. The molecule has 0 aliphatic carbocycles. The first kappa shape index (κ1) is 16.2. The molecule has 0 unspecified atom stereocenters. The van der Waals surface area contributed by atoms with E-state index < -0.39 is 5.95 Å². The first-order valence-corrected chi connectivity index (χ1v) is 8.32. The number of pyridine rings is 1. The minimum atomic E-state index is -0.478. The maximum atomic E-state index is 13.9. The predicted octanol–water partition coefficient (Wildman–Crippen LogP) is 4.32. The molecular weight excluding hydrogens is 291 g/mol. The number of halogens is 1. The lowest BCUT2D eigenvalue weighted by atomic mass is 9.99. The molecule has 1 aromatic heterocycles. The SMILES string of the molecule is Cc1cccc2c(OC3CCN(C(C)(C)C)CC3)cc(F)nc12. The molecule has 0 bridgehead atoms. The Kier molecular flexibility index (Phi) is 4.28. The van der Waals surface area contributed by atoms with Crippen molar-refractivity contribution in [1.29, 1.82) is 0 Å². The molecule has 0 saturated carbocycles. The fraction of sp³-hybridized carbons (Fsp3) is 0.526. The second-order valence-electron chi connectivity index (χ2n) is 7.39. The Hall–Kier alpha value is -1.68. The minimum absolute atomic E-state index is 0.138. The van der Waals surface area contributed by atoms with E-state index in [0.29, 0.717) is 11.3 Å². The molecule has 23 heavy (non-hydrogen) atoms. The van der Waals surface area contributed by atoms with Gasteiger partial charge in [0.15, 0.2) is 0 Å². The Morgan fingerprint density at radius 3 is 2.57 bits per heavy atom. The topological polar surface area (TPSA) is 25.4 Å². The molecule has 0 atom stereocenters. The van der Waals surface area contributed by atoms with Crippen LogP contribution in [0.2, 0.25) is 0 Å². The van der Waals surface area contributed by atoms with E-state index in [1.165, 1.54) is 6.07 Å². The third kappa shape index (κ3) is 3.47. The van der Waals surface area contributed by atoms with E-state index in [1.807, 2.05) is 25.1 Å². The van der Waals surface area contributed by atoms with Crippen molar-refractivity contribution < 1.29 is 9.13 Å². The van der Waals surface area contributed by atoms with Crippen LogP contribution in [0.1, 0.15) is 39.2 Å². The predicted molar refractivity (Wildman–Crippen MR) is 91.4 cm³/mol. The van der Waals surface area contributed by atoms with E-state index in [9.17, 15) is 4.39 Å². The molecule has 1 fully saturated rings. The molecule has 2 aromatic rings. The standard InChI is InChI=1S/C19H25FN2O/c1-13-6-5-7-15-16(12-17(20)21-18(13)15)23-14-8-10-22(11-9-14)19(2,3)4/h5-7,12,14H,8-11H2,1-4H3. The van der Waals surface area contributed by atoms with Crippen molar-refractivity contribution in [3.8, 4) is 5.75 Å². The Morgan fingerprint density at radius 2 is 1.91 bits per heavy atom. The first-order chi connectivity index (χ1) is 10.8. The van der Waals surface area contributed by atoms with Crippen LogP contribution in [0.25, 0.3) is 10.9 Å². The largest absolute Gasteiger partial charge is 0.489 e. The quantitative estimate of drug-likeness (QED) is 0.771. The highest BCUT2D eigenvalue weighted by Crippen LogP contribution is 2.30. The van der Waals surface area contributed by atoms with Crippen molar-refractivity contribution in [2.75, 3.05) is 13.1 Å². The van der Waals surface area contributed by atoms with Gasteiger partial charge < -0.3 is 4.74 Å². The molecule has 3 rings (SSSR count). The highest BCUT2D eigenvalue weighted by molar-refractivity contribution is 5.87. The summed E-state index contributed by atoms with van der Waals surface area (Å²) in [6.45, 7) is 10.7. The van der Waals surface area contributed by atoms with Gasteiger partial charge in [0.25, 0.3) is 0 Å².